The Labute approximate surface area is 150 Å². The second kappa shape index (κ2) is 10.4. The third-order valence-corrected chi connectivity index (χ3v) is 3.81. The number of carbonyl (C=O) groups is 1. The molecule has 1 amide bonds. The maximum absolute atomic E-state index is 12.2. The van der Waals surface area contributed by atoms with Gasteiger partial charge in [-0.1, -0.05) is 44.4 Å². The van der Waals surface area contributed by atoms with Gasteiger partial charge in [0.2, 0.25) is 0 Å². The second-order valence-corrected chi connectivity index (χ2v) is 6.00. The monoisotopic (exact) mass is 341 g/mol. The average Bonchev–Trinajstić information content (AvgIpc) is 2.63. The minimum atomic E-state index is -0.572. The van der Waals surface area contributed by atoms with Crippen LogP contribution < -0.4 is 14.8 Å². The first kappa shape index (κ1) is 18.8. The van der Waals surface area contributed by atoms with Crippen LogP contribution in [0.15, 0.2) is 54.6 Å². The molecule has 0 heterocycles. The van der Waals surface area contributed by atoms with Crippen LogP contribution in [0.4, 0.5) is 5.69 Å². The van der Waals surface area contributed by atoms with Gasteiger partial charge in [-0.2, -0.15) is 0 Å². The maximum atomic E-state index is 12.2. The summed E-state index contributed by atoms with van der Waals surface area (Å²) < 4.78 is 11.3. The molecular formula is C21H27NO3. The van der Waals surface area contributed by atoms with Gasteiger partial charge in [0.25, 0.3) is 5.91 Å². The van der Waals surface area contributed by atoms with E-state index in [2.05, 4.69) is 12.2 Å². The van der Waals surface area contributed by atoms with Crippen molar-refractivity contribution >= 4 is 11.6 Å². The van der Waals surface area contributed by atoms with Crippen LogP contribution in [0.1, 0.15) is 39.5 Å². The minimum Gasteiger partial charge on any atom is -0.494 e. The van der Waals surface area contributed by atoms with Crippen molar-refractivity contribution in [1.29, 1.82) is 0 Å². The van der Waals surface area contributed by atoms with Crippen LogP contribution in [-0.2, 0) is 4.79 Å². The Balaban J connectivity index is 1.76. The zero-order chi connectivity index (χ0) is 17.9. The highest BCUT2D eigenvalue weighted by Gasteiger charge is 2.14. The van der Waals surface area contributed by atoms with E-state index in [9.17, 15) is 4.79 Å². The lowest BCUT2D eigenvalue weighted by Crippen LogP contribution is -2.30. The molecule has 0 spiro atoms. The van der Waals surface area contributed by atoms with E-state index in [4.69, 9.17) is 9.47 Å². The zero-order valence-electron chi connectivity index (χ0n) is 15.0. The van der Waals surface area contributed by atoms with Crippen molar-refractivity contribution in [2.75, 3.05) is 11.9 Å². The van der Waals surface area contributed by atoms with Gasteiger partial charge in [-0.3, -0.25) is 4.79 Å². The fourth-order valence-corrected chi connectivity index (χ4v) is 2.35. The van der Waals surface area contributed by atoms with Gasteiger partial charge in [0.1, 0.15) is 11.5 Å². The molecule has 0 radical (unpaired) electrons. The zero-order valence-corrected chi connectivity index (χ0v) is 15.0. The van der Waals surface area contributed by atoms with Crippen LogP contribution in [0.25, 0.3) is 0 Å². The van der Waals surface area contributed by atoms with Crippen molar-refractivity contribution in [3.05, 3.63) is 54.6 Å². The smallest absolute Gasteiger partial charge is 0.265 e. The molecule has 0 aliphatic rings. The van der Waals surface area contributed by atoms with Gasteiger partial charge in [0.05, 0.1) is 6.61 Å². The fraction of sp³-hybridized carbons (Fsp3) is 0.381. The van der Waals surface area contributed by atoms with Crippen molar-refractivity contribution in [3.63, 3.8) is 0 Å². The number of amides is 1. The summed E-state index contributed by atoms with van der Waals surface area (Å²) in [5.74, 6) is 1.32. The summed E-state index contributed by atoms with van der Waals surface area (Å²) in [4.78, 5) is 12.2. The van der Waals surface area contributed by atoms with Crippen LogP contribution in [-0.4, -0.2) is 18.6 Å². The summed E-state index contributed by atoms with van der Waals surface area (Å²) in [6.45, 7) is 4.66. The standard InChI is InChI=1S/C21H27NO3/c1-3-4-5-9-16-24-19-14-12-18(13-15-19)22-21(23)17(2)25-20-10-7-6-8-11-20/h6-8,10-15,17H,3-5,9,16H2,1-2H3,(H,22,23)/t17-/m1/s1. The van der Waals surface area contributed by atoms with Crippen LogP contribution >= 0.6 is 0 Å². The lowest BCUT2D eigenvalue weighted by Gasteiger charge is -2.15. The molecule has 134 valence electrons. The van der Waals surface area contributed by atoms with Crippen LogP contribution in [0, 0.1) is 0 Å². The van der Waals surface area contributed by atoms with E-state index in [-0.39, 0.29) is 5.91 Å². The Hall–Kier alpha value is -2.49. The third-order valence-electron chi connectivity index (χ3n) is 3.81. The number of rotatable bonds is 10. The molecule has 0 saturated carbocycles. The number of nitrogens with one attached hydrogen (secondary N) is 1. The number of hydrogen-bond donors (Lipinski definition) is 1. The van der Waals surface area contributed by atoms with Crippen molar-refractivity contribution in [2.24, 2.45) is 0 Å². The predicted molar refractivity (Wildman–Crippen MR) is 101 cm³/mol. The molecule has 1 atom stereocenters. The predicted octanol–water partition coefficient (Wildman–Crippen LogP) is 5.05. The Morgan fingerprint density at radius 2 is 1.68 bits per heavy atom. The molecule has 0 unspecified atom stereocenters. The van der Waals surface area contributed by atoms with E-state index in [1.54, 1.807) is 6.92 Å². The summed E-state index contributed by atoms with van der Waals surface area (Å²) in [6, 6.07) is 16.7. The molecule has 2 rings (SSSR count). The van der Waals surface area contributed by atoms with Gasteiger partial charge in [-0.15, -0.1) is 0 Å². The van der Waals surface area contributed by atoms with Crippen molar-refractivity contribution < 1.29 is 14.3 Å². The van der Waals surface area contributed by atoms with Crippen molar-refractivity contribution in [2.45, 2.75) is 45.6 Å². The van der Waals surface area contributed by atoms with Gasteiger partial charge in [-0.25, -0.2) is 0 Å². The first-order valence-corrected chi connectivity index (χ1v) is 8.94. The van der Waals surface area contributed by atoms with Gasteiger partial charge in [-0.05, 0) is 49.7 Å². The molecule has 2 aromatic carbocycles. The first-order valence-electron chi connectivity index (χ1n) is 8.94. The molecule has 0 aliphatic carbocycles. The minimum absolute atomic E-state index is 0.183. The molecule has 4 nitrogen and oxygen atoms in total. The van der Waals surface area contributed by atoms with E-state index < -0.39 is 6.10 Å². The van der Waals surface area contributed by atoms with Crippen molar-refractivity contribution in [3.8, 4) is 11.5 Å². The number of unbranched alkanes of at least 4 members (excludes halogenated alkanes) is 3. The summed E-state index contributed by atoms with van der Waals surface area (Å²) in [5, 5.41) is 2.85. The van der Waals surface area contributed by atoms with E-state index in [1.807, 2.05) is 54.6 Å². The average molecular weight is 341 g/mol. The lowest BCUT2D eigenvalue weighted by atomic mass is 10.2. The Bertz CT molecular complexity index is 625. The maximum Gasteiger partial charge on any atom is 0.265 e. The normalized spacial score (nSPS) is 11.6. The molecule has 25 heavy (non-hydrogen) atoms. The molecule has 4 heteroatoms. The number of anilines is 1. The highest BCUT2D eigenvalue weighted by atomic mass is 16.5. The van der Waals surface area contributed by atoms with Gasteiger partial charge < -0.3 is 14.8 Å². The molecule has 0 aliphatic heterocycles. The van der Waals surface area contributed by atoms with Crippen LogP contribution in [0.3, 0.4) is 0 Å². The lowest BCUT2D eigenvalue weighted by molar-refractivity contribution is -0.122. The van der Waals surface area contributed by atoms with Crippen LogP contribution in [0.5, 0.6) is 11.5 Å². The Kier molecular flexibility index (Phi) is 7.83. The van der Waals surface area contributed by atoms with E-state index in [0.717, 1.165) is 24.5 Å². The molecule has 0 bridgehead atoms. The number of carbonyl (C=O) groups excluding carboxylic acids is 1. The highest BCUT2D eigenvalue weighted by Crippen LogP contribution is 2.17. The molecule has 2 aromatic rings. The summed E-state index contributed by atoms with van der Waals surface area (Å²) >= 11 is 0. The first-order chi connectivity index (χ1) is 12.2. The SMILES string of the molecule is CCCCCCOc1ccc(NC(=O)[C@@H](C)Oc2ccccc2)cc1. The number of para-hydroxylation sites is 1. The quantitative estimate of drug-likeness (QED) is 0.615. The van der Waals surface area contributed by atoms with E-state index >= 15 is 0 Å². The van der Waals surface area contributed by atoms with E-state index in [0.29, 0.717) is 5.75 Å². The summed E-state index contributed by atoms with van der Waals surface area (Å²) in [6.07, 6.45) is 4.17. The molecule has 0 aromatic heterocycles. The summed E-state index contributed by atoms with van der Waals surface area (Å²) in [7, 11) is 0. The van der Waals surface area contributed by atoms with Crippen molar-refractivity contribution in [1.82, 2.24) is 0 Å². The Morgan fingerprint density at radius 3 is 2.36 bits per heavy atom. The number of hydrogen-bond acceptors (Lipinski definition) is 3. The summed E-state index contributed by atoms with van der Waals surface area (Å²) in [5.41, 5.74) is 0.729. The van der Waals surface area contributed by atoms with Crippen LogP contribution in [0.2, 0.25) is 0 Å². The van der Waals surface area contributed by atoms with Gasteiger partial charge in [0, 0.05) is 5.69 Å². The molecular weight excluding hydrogens is 314 g/mol. The largest absolute Gasteiger partial charge is 0.494 e. The molecule has 0 fully saturated rings. The second-order valence-electron chi connectivity index (χ2n) is 6.00. The molecule has 1 N–H and O–H groups in total. The van der Waals surface area contributed by atoms with Gasteiger partial charge >= 0.3 is 0 Å². The third kappa shape index (κ3) is 6.87. The van der Waals surface area contributed by atoms with E-state index in [1.165, 1.54) is 19.3 Å². The number of benzene rings is 2. The number of ether oxygens (including phenoxy) is 2. The highest BCUT2D eigenvalue weighted by molar-refractivity contribution is 5.94. The molecule has 0 saturated heterocycles. The Morgan fingerprint density at radius 1 is 0.960 bits per heavy atom. The van der Waals surface area contributed by atoms with Gasteiger partial charge in [0.15, 0.2) is 6.10 Å². The topological polar surface area (TPSA) is 47.6 Å². The fourth-order valence-electron chi connectivity index (χ4n) is 2.35.